The molecule has 2 aromatic heterocycles. The average Bonchev–Trinajstić information content (AvgIpc) is 4.20. The molecule has 2 aliphatic rings. The fourth-order valence-electron chi connectivity index (χ4n) is 7.90. The summed E-state index contributed by atoms with van der Waals surface area (Å²) in [7, 11) is 0. The maximum Gasteiger partial charge on any atom is 0.326 e. The number of nitrogens with zero attached hydrogens (tertiary/aromatic N) is 4. The van der Waals surface area contributed by atoms with E-state index in [2.05, 4.69) is 36.2 Å². The minimum absolute atomic E-state index is 0.0101. The molecule has 2 saturated heterocycles. The second kappa shape index (κ2) is 31.9. The van der Waals surface area contributed by atoms with Crippen LogP contribution in [-0.4, -0.2) is 177 Å². The highest BCUT2D eigenvalue weighted by Gasteiger charge is 2.40. The number of amides is 6. The quantitative estimate of drug-likeness (QED) is 0.0546. The number of pyridine rings is 1. The van der Waals surface area contributed by atoms with Crippen LogP contribution in [0.25, 0.3) is 0 Å². The van der Waals surface area contributed by atoms with Gasteiger partial charge in [0.25, 0.3) is 0 Å². The summed E-state index contributed by atoms with van der Waals surface area (Å²) in [6.07, 6.45) is 5.87. The number of thioether (sulfide) groups is 1. The lowest BCUT2D eigenvalue weighted by Gasteiger charge is -2.30. The molecule has 6 atom stereocenters. The minimum Gasteiger partial charge on any atom is -0.506 e. The fraction of sp³-hybridized carbons (Fsp3) is 0.510. The van der Waals surface area contributed by atoms with Gasteiger partial charge >= 0.3 is 23.9 Å². The molecule has 2 fully saturated rings. The highest BCUT2D eigenvalue weighted by molar-refractivity contribution is 7.98. The second-order valence-electron chi connectivity index (χ2n) is 17.5. The first-order valence-corrected chi connectivity index (χ1v) is 25.6. The molecule has 6 amide bonds. The van der Waals surface area contributed by atoms with E-state index in [4.69, 9.17) is 15.9 Å². The van der Waals surface area contributed by atoms with E-state index in [0.29, 0.717) is 48.4 Å². The number of imidazole rings is 1. The van der Waals surface area contributed by atoms with Gasteiger partial charge in [0.05, 0.1) is 37.4 Å². The van der Waals surface area contributed by atoms with Crippen LogP contribution in [-0.2, 0) is 67.2 Å². The molecule has 26 heteroatoms. The van der Waals surface area contributed by atoms with Crippen molar-refractivity contribution in [3.8, 4) is 5.75 Å². The van der Waals surface area contributed by atoms with Gasteiger partial charge in [-0.25, -0.2) is 9.78 Å². The molecule has 0 bridgehead atoms. The van der Waals surface area contributed by atoms with Gasteiger partial charge < -0.3 is 67.3 Å². The Labute approximate surface area is 437 Å². The van der Waals surface area contributed by atoms with E-state index in [-0.39, 0.29) is 51.6 Å². The number of nitrogens with one attached hydrogen (secondary N) is 5. The van der Waals surface area contributed by atoms with Crippen molar-refractivity contribution in [1.82, 2.24) is 46.0 Å². The molecule has 0 spiro atoms. The number of carboxylic acids is 4. The van der Waals surface area contributed by atoms with Crippen molar-refractivity contribution in [2.24, 2.45) is 5.73 Å². The number of hydrogen-bond acceptors (Lipinski definition) is 15. The molecular weight excluding hydrogens is 1000 g/mol. The van der Waals surface area contributed by atoms with Crippen LogP contribution in [0.5, 0.6) is 5.75 Å². The van der Waals surface area contributed by atoms with Gasteiger partial charge in [-0.15, -0.1) is 0 Å². The van der Waals surface area contributed by atoms with E-state index >= 15 is 0 Å². The summed E-state index contributed by atoms with van der Waals surface area (Å²) in [5.41, 5.74) is 8.86. The number of likely N-dealkylation sites (tertiary alicyclic amines) is 2. The highest BCUT2D eigenvalue weighted by atomic mass is 32.2. The zero-order valence-electron chi connectivity index (χ0n) is 42.1. The van der Waals surface area contributed by atoms with Crippen LogP contribution in [0.15, 0.2) is 55.0 Å². The van der Waals surface area contributed by atoms with E-state index < -0.39 is 109 Å². The standard InChI is InChI=1S/C37H51N9O10S.C8H11NO.C4H6O4/c1-57-16-13-24(38)32(50)42-25(11-12-31(48)49)33(51)43-26(18-23-19-39-21-41-23)34(52)44-27(17-22-7-3-2-4-8-22)36(54)46-15-5-9-28(46)35(53)40-20-30(47)45-14-6-10-29(45)37(55)56;1-3-7-8(10)5-4-6(2)9-7;5-3(6)1-2-4(7)8/h2-4,7-8,19,21,24-29H,5-6,9-18,20,38H2,1H3,(H,39,41)(H,40,53)(H,42,50)(H,43,51)(H,44,52)(H,48,49)(H,55,56);4-5,10H,3H2,1-2H3;1-2H2,(H,5,6)(H,7,8)/t24-,25-,26-,27-,28-,29-;;/m0../s1. The number of nitrogens with two attached hydrogens (primary N) is 1. The molecule has 4 heterocycles. The largest absolute Gasteiger partial charge is 0.506 e. The van der Waals surface area contributed by atoms with Crippen LogP contribution >= 0.6 is 11.8 Å². The van der Waals surface area contributed by atoms with Gasteiger partial charge in [0.2, 0.25) is 35.4 Å². The third kappa shape index (κ3) is 21.4. The predicted octanol–water partition coefficient (Wildman–Crippen LogP) is 0.371. The van der Waals surface area contributed by atoms with Crippen LogP contribution in [0.3, 0.4) is 0 Å². The first-order valence-electron chi connectivity index (χ1n) is 24.2. The Morgan fingerprint density at radius 1 is 0.760 bits per heavy atom. The van der Waals surface area contributed by atoms with Crippen molar-refractivity contribution >= 4 is 71.1 Å². The molecule has 25 nitrogen and oxygen atoms in total. The monoisotopic (exact) mass is 1070 g/mol. The number of rotatable bonds is 25. The Kier molecular flexibility index (Phi) is 26.2. The number of aromatic amines is 1. The van der Waals surface area contributed by atoms with Gasteiger partial charge in [-0.2, -0.15) is 11.8 Å². The number of hydrogen-bond donors (Lipinski definition) is 11. The third-order valence-corrected chi connectivity index (χ3v) is 12.5. The number of aryl methyl sites for hydroxylation is 2. The Balaban J connectivity index is 0.000000691. The van der Waals surface area contributed by atoms with E-state index in [1.54, 1.807) is 42.5 Å². The molecule has 0 aliphatic carbocycles. The number of aromatic nitrogens is 3. The summed E-state index contributed by atoms with van der Waals surface area (Å²) < 4.78 is 0. The number of carboxylic acid groups (broad SMARTS) is 4. The van der Waals surface area contributed by atoms with Crippen molar-refractivity contribution < 1.29 is 73.5 Å². The number of aliphatic carboxylic acids is 4. The van der Waals surface area contributed by atoms with Crippen molar-refractivity contribution in [1.29, 1.82) is 0 Å². The number of aromatic hydroxyl groups is 1. The first kappa shape index (κ1) is 61.7. The number of benzene rings is 1. The summed E-state index contributed by atoms with van der Waals surface area (Å²) in [6.45, 7) is 3.88. The fourth-order valence-corrected chi connectivity index (χ4v) is 8.39. The van der Waals surface area contributed by atoms with Gasteiger partial charge in [-0.3, -0.25) is 48.1 Å². The molecule has 410 valence electrons. The van der Waals surface area contributed by atoms with Gasteiger partial charge in [0, 0.05) is 49.9 Å². The predicted molar refractivity (Wildman–Crippen MR) is 271 cm³/mol. The lowest BCUT2D eigenvalue weighted by atomic mass is 10.0. The maximum absolute atomic E-state index is 14.3. The highest BCUT2D eigenvalue weighted by Crippen LogP contribution is 2.21. The van der Waals surface area contributed by atoms with Crippen LogP contribution in [0, 0.1) is 6.92 Å². The first-order chi connectivity index (χ1) is 35.6. The Morgan fingerprint density at radius 3 is 1.93 bits per heavy atom. The molecule has 12 N–H and O–H groups in total. The molecule has 3 aromatic rings. The van der Waals surface area contributed by atoms with Crippen molar-refractivity contribution in [3.63, 3.8) is 0 Å². The maximum atomic E-state index is 14.3. The van der Waals surface area contributed by atoms with Crippen LogP contribution in [0.2, 0.25) is 0 Å². The third-order valence-electron chi connectivity index (χ3n) is 11.8. The van der Waals surface area contributed by atoms with Crippen LogP contribution < -0.4 is 27.0 Å². The van der Waals surface area contributed by atoms with Gasteiger partial charge in [0.1, 0.15) is 36.0 Å². The van der Waals surface area contributed by atoms with Crippen molar-refractivity contribution in [2.45, 2.75) is 127 Å². The lowest BCUT2D eigenvalue weighted by molar-refractivity contribution is -0.148. The number of carbonyl (C=O) groups excluding carboxylic acids is 6. The van der Waals surface area contributed by atoms with Gasteiger partial charge in [-0.05, 0) is 81.6 Å². The molecule has 75 heavy (non-hydrogen) atoms. The SMILES string of the molecule is CCc1nc(C)ccc1O.CSCC[C@H](N)C(=O)N[C@@H](CCC(=O)O)C(=O)N[C@@H](Cc1cnc[nH]1)C(=O)N[C@@H](Cc1ccccc1)C(=O)N1CCC[C@H]1C(=O)NCC(=O)N1CCC[C@H]1C(=O)O.O=C(O)CCC(=O)O. The summed E-state index contributed by atoms with van der Waals surface area (Å²) >= 11 is 1.48. The Hall–Kier alpha value is -7.61. The summed E-state index contributed by atoms with van der Waals surface area (Å²) in [6, 6.07) is 5.48. The zero-order chi connectivity index (χ0) is 55.6. The Bertz CT molecular complexity index is 2400. The summed E-state index contributed by atoms with van der Waals surface area (Å²) in [4.78, 5) is 137. The Morgan fingerprint density at radius 2 is 1.36 bits per heavy atom. The molecule has 0 unspecified atom stereocenters. The van der Waals surface area contributed by atoms with Crippen LogP contribution in [0.4, 0.5) is 0 Å². The van der Waals surface area contributed by atoms with E-state index in [1.165, 1.54) is 34.1 Å². The second-order valence-corrected chi connectivity index (χ2v) is 18.5. The zero-order valence-corrected chi connectivity index (χ0v) is 42.9. The molecule has 2 aliphatic heterocycles. The van der Waals surface area contributed by atoms with Crippen LogP contribution in [0.1, 0.15) is 87.4 Å². The van der Waals surface area contributed by atoms with E-state index in [0.717, 1.165) is 17.8 Å². The van der Waals surface area contributed by atoms with E-state index in [9.17, 15) is 63.3 Å². The molecule has 1 aromatic carbocycles. The normalized spacial score (nSPS) is 16.3. The smallest absolute Gasteiger partial charge is 0.326 e. The topological polar surface area (TPSA) is 394 Å². The molecule has 0 radical (unpaired) electrons. The molecular formula is C49H68N10O15S. The summed E-state index contributed by atoms with van der Waals surface area (Å²) in [5, 5.41) is 54.2. The van der Waals surface area contributed by atoms with Gasteiger partial charge in [0.15, 0.2) is 0 Å². The summed E-state index contributed by atoms with van der Waals surface area (Å²) in [5.74, 6) is -7.63. The molecule has 0 saturated carbocycles. The number of carbonyl (C=O) groups is 10. The van der Waals surface area contributed by atoms with Crippen molar-refractivity contribution in [2.75, 3.05) is 31.6 Å². The number of H-pyrrole nitrogens is 1. The lowest BCUT2D eigenvalue weighted by Crippen LogP contribution is -2.59. The molecule has 5 rings (SSSR count). The van der Waals surface area contributed by atoms with Crippen molar-refractivity contribution in [3.05, 3.63) is 77.6 Å². The minimum atomic E-state index is -1.36. The van der Waals surface area contributed by atoms with Gasteiger partial charge in [-0.1, -0.05) is 37.3 Å². The average molecular weight is 1070 g/mol. The van der Waals surface area contributed by atoms with E-state index in [1.807, 2.05) is 20.1 Å².